The van der Waals surface area contributed by atoms with Crippen molar-refractivity contribution in [3.8, 4) is 0 Å². The summed E-state index contributed by atoms with van der Waals surface area (Å²) in [6.07, 6.45) is 0.838. The van der Waals surface area contributed by atoms with E-state index in [1.54, 1.807) is 0 Å². The van der Waals surface area contributed by atoms with Gasteiger partial charge in [0.25, 0.3) is 0 Å². The van der Waals surface area contributed by atoms with E-state index in [0.717, 1.165) is 12.1 Å². The summed E-state index contributed by atoms with van der Waals surface area (Å²) in [5, 5.41) is 3.50. The quantitative estimate of drug-likeness (QED) is 0.831. The number of aliphatic imine (C=N–C) groups is 1. The Morgan fingerprint density at radius 1 is 1.40 bits per heavy atom. The highest BCUT2D eigenvalue weighted by Crippen LogP contribution is 2.24. The number of carbonyl (C=O) groups excluding carboxylic acids is 1. The zero-order valence-corrected chi connectivity index (χ0v) is 9.25. The van der Waals surface area contributed by atoms with Crippen molar-refractivity contribution >= 4 is 28.5 Å². The number of nitrogens with zero attached hydrogens (tertiary/aromatic N) is 1. The van der Waals surface area contributed by atoms with Crippen LogP contribution in [0, 0.1) is 0 Å². The molecule has 1 heterocycles. The number of benzene rings is 1. The molecule has 1 saturated heterocycles. The Hall–Kier alpha value is -1.29. The van der Waals surface area contributed by atoms with Gasteiger partial charge < -0.3 is 5.32 Å². The zero-order chi connectivity index (χ0) is 10.7. The Morgan fingerprint density at radius 3 is 2.73 bits per heavy atom. The molecule has 1 aliphatic rings. The standard InChI is InChI=1S/C11H12N2OS/c1-2-9-10(14)13-11(15-9)12-8-6-4-3-5-7-8/h3-7,9H,2H2,1H3,(H,12,13,14). The smallest absolute Gasteiger partial charge is 0.239 e. The van der Waals surface area contributed by atoms with Crippen molar-refractivity contribution in [1.82, 2.24) is 5.32 Å². The van der Waals surface area contributed by atoms with Gasteiger partial charge in [-0.25, -0.2) is 4.99 Å². The predicted molar refractivity (Wildman–Crippen MR) is 63.3 cm³/mol. The van der Waals surface area contributed by atoms with E-state index >= 15 is 0 Å². The Kier molecular flexibility index (Phi) is 3.06. The Morgan fingerprint density at radius 2 is 2.13 bits per heavy atom. The molecule has 0 radical (unpaired) electrons. The second-order valence-electron chi connectivity index (χ2n) is 3.26. The Balaban J connectivity index is 2.14. The highest BCUT2D eigenvalue weighted by molar-refractivity contribution is 8.15. The van der Waals surface area contributed by atoms with Crippen molar-refractivity contribution < 1.29 is 4.79 Å². The molecule has 78 valence electrons. The maximum atomic E-state index is 11.4. The molecular formula is C11H12N2OS. The fraction of sp³-hybridized carbons (Fsp3) is 0.273. The summed E-state index contributed by atoms with van der Waals surface area (Å²) in [5.41, 5.74) is 0.872. The molecule has 1 aromatic rings. The molecule has 1 amide bonds. The van der Waals surface area contributed by atoms with Gasteiger partial charge in [-0.2, -0.15) is 0 Å². The summed E-state index contributed by atoms with van der Waals surface area (Å²) >= 11 is 1.50. The second kappa shape index (κ2) is 4.49. The summed E-state index contributed by atoms with van der Waals surface area (Å²) in [4.78, 5) is 15.7. The van der Waals surface area contributed by atoms with E-state index in [4.69, 9.17) is 0 Å². The van der Waals surface area contributed by atoms with Crippen molar-refractivity contribution in [3.05, 3.63) is 30.3 Å². The fourth-order valence-corrected chi connectivity index (χ4v) is 2.27. The SMILES string of the molecule is CCC1SC(=Nc2ccccc2)NC1=O. The molecule has 2 rings (SSSR count). The van der Waals surface area contributed by atoms with E-state index < -0.39 is 0 Å². The number of para-hydroxylation sites is 1. The highest BCUT2D eigenvalue weighted by atomic mass is 32.2. The van der Waals surface area contributed by atoms with Crippen LogP contribution in [0.1, 0.15) is 13.3 Å². The lowest BCUT2D eigenvalue weighted by Crippen LogP contribution is -2.24. The molecule has 0 saturated carbocycles. The van der Waals surface area contributed by atoms with Crippen molar-refractivity contribution in [3.63, 3.8) is 0 Å². The van der Waals surface area contributed by atoms with E-state index in [0.29, 0.717) is 5.17 Å². The van der Waals surface area contributed by atoms with Crippen LogP contribution in [0.5, 0.6) is 0 Å². The molecule has 4 heteroatoms. The average molecular weight is 220 g/mol. The van der Waals surface area contributed by atoms with Gasteiger partial charge >= 0.3 is 0 Å². The monoisotopic (exact) mass is 220 g/mol. The number of hydrogen-bond acceptors (Lipinski definition) is 3. The Labute approximate surface area is 93.0 Å². The maximum Gasteiger partial charge on any atom is 0.239 e. The number of amidine groups is 1. The van der Waals surface area contributed by atoms with Crippen LogP contribution < -0.4 is 5.32 Å². The molecule has 1 aromatic carbocycles. The fourth-order valence-electron chi connectivity index (χ4n) is 1.35. The third-order valence-electron chi connectivity index (χ3n) is 2.13. The molecule has 0 aromatic heterocycles. The van der Waals surface area contributed by atoms with E-state index in [2.05, 4.69) is 10.3 Å². The number of nitrogens with one attached hydrogen (secondary N) is 1. The van der Waals surface area contributed by atoms with E-state index in [-0.39, 0.29) is 11.2 Å². The average Bonchev–Trinajstić information content (AvgIpc) is 2.60. The van der Waals surface area contributed by atoms with Crippen LogP contribution in [0.15, 0.2) is 35.3 Å². The number of carbonyl (C=O) groups is 1. The molecule has 1 fully saturated rings. The van der Waals surface area contributed by atoms with Gasteiger partial charge in [-0.15, -0.1) is 0 Å². The van der Waals surface area contributed by atoms with Crippen LogP contribution in [0.3, 0.4) is 0 Å². The molecular weight excluding hydrogens is 208 g/mol. The lowest BCUT2D eigenvalue weighted by atomic mass is 10.3. The maximum absolute atomic E-state index is 11.4. The molecule has 15 heavy (non-hydrogen) atoms. The molecule has 1 N–H and O–H groups in total. The minimum atomic E-state index is 0.0208. The predicted octanol–water partition coefficient (Wildman–Crippen LogP) is 2.32. The van der Waals surface area contributed by atoms with Gasteiger partial charge in [-0.1, -0.05) is 36.9 Å². The number of rotatable bonds is 2. The normalized spacial score (nSPS) is 23.1. The van der Waals surface area contributed by atoms with Crippen LogP contribution in [0.2, 0.25) is 0 Å². The van der Waals surface area contributed by atoms with Crippen LogP contribution >= 0.6 is 11.8 Å². The third kappa shape index (κ3) is 2.39. The third-order valence-corrected chi connectivity index (χ3v) is 3.38. The van der Waals surface area contributed by atoms with Gasteiger partial charge in [0.15, 0.2) is 5.17 Å². The molecule has 1 atom stereocenters. The van der Waals surface area contributed by atoms with Crippen molar-refractivity contribution in [2.45, 2.75) is 18.6 Å². The molecule has 1 unspecified atom stereocenters. The van der Waals surface area contributed by atoms with E-state index in [9.17, 15) is 4.79 Å². The second-order valence-corrected chi connectivity index (χ2v) is 4.45. The largest absolute Gasteiger partial charge is 0.304 e. The Bertz CT molecular complexity index is 389. The van der Waals surface area contributed by atoms with Gasteiger partial charge in [0.1, 0.15) is 0 Å². The van der Waals surface area contributed by atoms with Gasteiger partial charge in [0.05, 0.1) is 10.9 Å². The summed E-state index contributed by atoms with van der Waals surface area (Å²) in [7, 11) is 0. The molecule has 3 nitrogen and oxygen atoms in total. The van der Waals surface area contributed by atoms with Crippen molar-refractivity contribution in [2.75, 3.05) is 0 Å². The molecule has 0 aliphatic carbocycles. The first-order chi connectivity index (χ1) is 7.29. The topological polar surface area (TPSA) is 41.5 Å². The summed E-state index contributed by atoms with van der Waals surface area (Å²) in [6, 6.07) is 9.63. The number of amides is 1. The lowest BCUT2D eigenvalue weighted by molar-refractivity contribution is -0.118. The van der Waals surface area contributed by atoms with Crippen molar-refractivity contribution in [2.24, 2.45) is 4.99 Å². The van der Waals surface area contributed by atoms with Gasteiger partial charge in [0, 0.05) is 0 Å². The summed E-state index contributed by atoms with van der Waals surface area (Å²) in [5.74, 6) is 0.0668. The number of thioether (sulfide) groups is 1. The zero-order valence-electron chi connectivity index (χ0n) is 8.43. The van der Waals surface area contributed by atoms with Crippen LogP contribution in [0.4, 0.5) is 5.69 Å². The number of hydrogen-bond donors (Lipinski definition) is 1. The first-order valence-electron chi connectivity index (χ1n) is 4.91. The van der Waals surface area contributed by atoms with Crippen LogP contribution in [-0.2, 0) is 4.79 Å². The van der Waals surface area contributed by atoms with Gasteiger partial charge in [-0.05, 0) is 18.6 Å². The van der Waals surface area contributed by atoms with Crippen molar-refractivity contribution in [1.29, 1.82) is 0 Å². The van der Waals surface area contributed by atoms with Crippen LogP contribution in [0.25, 0.3) is 0 Å². The van der Waals surface area contributed by atoms with Gasteiger partial charge in [0.2, 0.25) is 5.91 Å². The molecule has 1 aliphatic heterocycles. The minimum absolute atomic E-state index is 0.0208. The first-order valence-corrected chi connectivity index (χ1v) is 5.79. The van der Waals surface area contributed by atoms with Gasteiger partial charge in [-0.3, -0.25) is 4.79 Å². The first kappa shape index (κ1) is 10.2. The lowest BCUT2D eigenvalue weighted by Gasteiger charge is -1.96. The summed E-state index contributed by atoms with van der Waals surface area (Å²) in [6.45, 7) is 2.00. The van der Waals surface area contributed by atoms with Crippen LogP contribution in [-0.4, -0.2) is 16.3 Å². The minimum Gasteiger partial charge on any atom is -0.304 e. The van der Waals surface area contributed by atoms with E-state index in [1.807, 2.05) is 37.3 Å². The summed E-state index contributed by atoms with van der Waals surface area (Å²) < 4.78 is 0. The highest BCUT2D eigenvalue weighted by Gasteiger charge is 2.28. The molecule has 0 bridgehead atoms. The molecule has 0 spiro atoms. The van der Waals surface area contributed by atoms with E-state index in [1.165, 1.54) is 11.8 Å².